The number of hydrogen-bond donors (Lipinski definition) is 2. The van der Waals surface area contributed by atoms with Gasteiger partial charge in [-0.3, -0.25) is 14.5 Å². The summed E-state index contributed by atoms with van der Waals surface area (Å²) in [5.41, 5.74) is 0.898. The molecule has 0 radical (unpaired) electrons. The lowest BCUT2D eigenvalue weighted by Gasteiger charge is -2.23. The number of para-hydroxylation sites is 1. The molecule has 1 saturated carbocycles. The molecule has 2 N–H and O–H groups in total. The molecule has 0 saturated heterocycles. The monoisotopic (exact) mass is 300 g/mol. The summed E-state index contributed by atoms with van der Waals surface area (Å²) in [6, 6.07) is 8.70. The van der Waals surface area contributed by atoms with Gasteiger partial charge < -0.3 is 10.6 Å². The molecule has 1 unspecified atom stereocenters. The smallest absolute Gasteiger partial charge is 0.241 e. The minimum atomic E-state index is -0.475. The van der Waals surface area contributed by atoms with Crippen molar-refractivity contribution in [3.05, 3.63) is 29.8 Å². The molecule has 1 atom stereocenters. The first-order valence-electron chi connectivity index (χ1n) is 7.31. The molecular weight excluding hydrogens is 280 g/mol. The maximum absolute atomic E-state index is 12.2. The number of anilines is 1. The molecule has 116 valence electrons. The highest BCUT2D eigenvalue weighted by Crippen LogP contribution is 2.18. The van der Waals surface area contributed by atoms with Crippen LogP contribution in [-0.2, 0) is 9.59 Å². The zero-order valence-corrected chi connectivity index (χ0v) is 12.8. The molecule has 0 bridgehead atoms. The quantitative estimate of drug-likeness (QED) is 0.823. The number of likely N-dealkylation sites (N-methyl/N-ethyl adjacent to an activating group) is 1. The molecule has 0 aromatic heterocycles. The highest BCUT2D eigenvalue weighted by atomic mass is 16.2. The Labute approximate surface area is 130 Å². The minimum Gasteiger partial charge on any atom is -0.352 e. The Balaban J connectivity index is 1.90. The van der Waals surface area contributed by atoms with Gasteiger partial charge >= 0.3 is 0 Å². The van der Waals surface area contributed by atoms with Gasteiger partial charge in [0.1, 0.15) is 6.07 Å². The van der Waals surface area contributed by atoms with Crippen molar-refractivity contribution in [3.63, 3.8) is 0 Å². The lowest BCUT2D eigenvalue weighted by atomic mass is 10.2. The van der Waals surface area contributed by atoms with Gasteiger partial charge in [0.15, 0.2) is 0 Å². The first-order valence-corrected chi connectivity index (χ1v) is 7.31. The third-order valence-corrected chi connectivity index (χ3v) is 3.68. The maximum Gasteiger partial charge on any atom is 0.241 e. The van der Waals surface area contributed by atoms with Crippen LogP contribution in [0.5, 0.6) is 0 Å². The molecule has 2 amide bonds. The van der Waals surface area contributed by atoms with E-state index in [1.54, 1.807) is 43.1 Å². The Bertz CT molecular complexity index is 604. The van der Waals surface area contributed by atoms with E-state index < -0.39 is 6.04 Å². The van der Waals surface area contributed by atoms with Gasteiger partial charge in [0.25, 0.3) is 0 Å². The van der Waals surface area contributed by atoms with Gasteiger partial charge in [-0.1, -0.05) is 12.1 Å². The molecular formula is C16H20N4O2. The number of benzene rings is 1. The summed E-state index contributed by atoms with van der Waals surface area (Å²) in [6.07, 6.45) is 2.08. The van der Waals surface area contributed by atoms with Gasteiger partial charge in [-0.2, -0.15) is 5.26 Å². The van der Waals surface area contributed by atoms with Crippen LogP contribution in [0.1, 0.15) is 25.3 Å². The van der Waals surface area contributed by atoms with Gasteiger partial charge in [0, 0.05) is 6.04 Å². The van der Waals surface area contributed by atoms with Crippen LogP contribution in [0.3, 0.4) is 0 Å². The molecule has 1 aromatic carbocycles. The molecule has 6 heteroatoms. The largest absolute Gasteiger partial charge is 0.352 e. The van der Waals surface area contributed by atoms with E-state index in [9.17, 15) is 9.59 Å². The first kappa shape index (κ1) is 16.0. The predicted octanol–water partition coefficient (Wildman–Crippen LogP) is 1.10. The Morgan fingerprint density at radius 3 is 2.73 bits per heavy atom. The van der Waals surface area contributed by atoms with Crippen molar-refractivity contribution in [2.24, 2.45) is 0 Å². The third-order valence-electron chi connectivity index (χ3n) is 3.68. The number of nitrogens with zero attached hydrogens (tertiary/aromatic N) is 2. The van der Waals surface area contributed by atoms with Crippen LogP contribution in [0, 0.1) is 11.3 Å². The molecule has 6 nitrogen and oxygen atoms in total. The third kappa shape index (κ3) is 4.30. The molecule has 2 rings (SSSR count). The lowest BCUT2D eigenvalue weighted by Crippen LogP contribution is -2.45. The van der Waals surface area contributed by atoms with Gasteiger partial charge in [0.05, 0.1) is 23.8 Å². The van der Waals surface area contributed by atoms with E-state index in [1.807, 2.05) is 6.07 Å². The number of carbonyl (C=O) groups excluding carboxylic acids is 2. The van der Waals surface area contributed by atoms with E-state index >= 15 is 0 Å². The fourth-order valence-electron chi connectivity index (χ4n) is 1.99. The Hall–Kier alpha value is -2.39. The van der Waals surface area contributed by atoms with E-state index in [-0.39, 0.29) is 18.4 Å². The van der Waals surface area contributed by atoms with Crippen LogP contribution < -0.4 is 10.6 Å². The summed E-state index contributed by atoms with van der Waals surface area (Å²) in [5.74, 6) is -0.313. The van der Waals surface area contributed by atoms with E-state index in [1.165, 1.54) is 0 Å². The number of hydrogen-bond acceptors (Lipinski definition) is 4. The summed E-state index contributed by atoms with van der Waals surface area (Å²) in [6.45, 7) is 1.90. The zero-order valence-electron chi connectivity index (χ0n) is 12.8. The van der Waals surface area contributed by atoms with E-state index in [0.717, 1.165) is 12.8 Å². The van der Waals surface area contributed by atoms with Gasteiger partial charge in [-0.25, -0.2) is 0 Å². The predicted molar refractivity (Wildman–Crippen MR) is 83.0 cm³/mol. The summed E-state index contributed by atoms with van der Waals surface area (Å²) in [4.78, 5) is 25.7. The molecule has 0 spiro atoms. The van der Waals surface area contributed by atoms with Crippen LogP contribution in [0.15, 0.2) is 24.3 Å². The number of nitriles is 1. The summed E-state index contributed by atoms with van der Waals surface area (Å²) < 4.78 is 0. The SMILES string of the molecule is CC(C(=O)Nc1ccccc1C#N)N(C)CC(=O)NC1CC1. The van der Waals surface area contributed by atoms with Crippen LogP contribution >= 0.6 is 0 Å². The number of nitrogens with one attached hydrogen (secondary N) is 2. The first-order chi connectivity index (χ1) is 10.5. The second-order valence-electron chi connectivity index (χ2n) is 5.58. The fraction of sp³-hybridized carbons (Fsp3) is 0.438. The standard InChI is InChI=1S/C16H20N4O2/c1-11(20(2)10-15(21)18-13-7-8-13)16(22)19-14-6-4-3-5-12(14)9-17/h3-6,11,13H,7-8,10H2,1-2H3,(H,18,21)(H,19,22). The second-order valence-corrected chi connectivity index (χ2v) is 5.58. The lowest BCUT2D eigenvalue weighted by molar-refractivity contribution is -0.124. The number of carbonyl (C=O) groups is 2. The van der Waals surface area contributed by atoms with Crippen LogP contribution in [0.4, 0.5) is 5.69 Å². The van der Waals surface area contributed by atoms with Crippen molar-refractivity contribution in [1.29, 1.82) is 5.26 Å². The van der Waals surface area contributed by atoms with Crippen molar-refractivity contribution < 1.29 is 9.59 Å². The molecule has 1 fully saturated rings. The number of rotatable bonds is 6. The molecule has 1 aromatic rings. The van der Waals surface area contributed by atoms with Crippen LogP contribution in [-0.4, -0.2) is 42.4 Å². The highest BCUT2D eigenvalue weighted by molar-refractivity contribution is 5.96. The molecule has 0 aliphatic heterocycles. The van der Waals surface area contributed by atoms with Crippen LogP contribution in [0.25, 0.3) is 0 Å². The Morgan fingerprint density at radius 1 is 1.41 bits per heavy atom. The Kier molecular flexibility index (Phi) is 5.12. The molecule has 1 aliphatic rings. The van der Waals surface area contributed by atoms with Gasteiger partial charge in [-0.15, -0.1) is 0 Å². The molecule has 1 aliphatic carbocycles. The molecule has 0 heterocycles. The van der Waals surface area contributed by atoms with Crippen molar-refractivity contribution in [1.82, 2.24) is 10.2 Å². The van der Waals surface area contributed by atoms with Gasteiger partial charge in [0.2, 0.25) is 11.8 Å². The summed E-state index contributed by atoms with van der Waals surface area (Å²) >= 11 is 0. The van der Waals surface area contributed by atoms with Crippen molar-refractivity contribution in [2.45, 2.75) is 31.8 Å². The zero-order chi connectivity index (χ0) is 16.1. The van der Waals surface area contributed by atoms with E-state index in [4.69, 9.17) is 5.26 Å². The highest BCUT2D eigenvalue weighted by Gasteiger charge is 2.25. The average Bonchev–Trinajstić information content (AvgIpc) is 3.30. The van der Waals surface area contributed by atoms with Crippen molar-refractivity contribution >= 4 is 17.5 Å². The van der Waals surface area contributed by atoms with Crippen molar-refractivity contribution in [3.8, 4) is 6.07 Å². The van der Waals surface area contributed by atoms with Crippen LogP contribution in [0.2, 0.25) is 0 Å². The topological polar surface area (TPSA) is 85.2 Å². The second kappa shape index (κ2) is 7.05. The minimum absolute atomic E-state index is 0.0675. The van der Waals surface area contributed by atoms with E-state index in [2.05, 4.69) is 10.6 Å². The summed E-state index contributed by atoms with van der Waals surface area (Å²) in [5, 5.41) is 14.6. The number of amides is 2. The van der Waals surface area contributed by atoms with E-state index in [0.29, 0.717) is 17.3 Å². The Morgan fingerprint density at radius 2 is 2.09 bits per heavy atom. The van der Waals surface area contributed by atoms with Crippen molar-refractivity contribution in [2.75, 3.05) is 18.9 Å². The molecule has 22 heavy (non-hydrogen) atoms. The summed E-state index contributed by atoms with van der Waals surface area (Å²) in [7, 11) is 1.73. The fourth-order valence-corrected chi connectivity index (χ4v) is 1.99. The van der Waals surface area contributed by atoms with Gasteiger partial charge in [-0.05, 0) is 38.9 Å². The normalized spacial score (nSPS) is 15.0. The average molecular weight is 300 g/mol. The maximum atomic E-state index is 12.2.